The van der Waals surface area contributed by atoms with Crippen LogP contribution in [0.25, 0.3) is 0 Å². The van der Waals surface area contributed by atoms with E-state index in [1.165, 1.54) is 0 Å². The van der Waals surface area contributed by atoms with E-state index in [2.05, 4.69) is 6.92 Å². The first-order valence-electron chi connectivity index (χ1n) is 6.92. The molecule has 0 unspecified atom stereocenters. The van der Waals surface area contributed by atoms with E-state index in [9.17, 15) is 9.59 Å². The molecule has 0 atom stereocenters. The molecule has 0 aliphatic carbocycles. The highest BCUT2D eigenvalue weighted by molar-refractivity contribution is 6.08. The lowest BCUT2D eigenvalue weighted by atomic mass is 9.67. The first kappa shape index (κ1) is 16.3. The molecule has 2 nitrogen and oxygen atoms in total. The standard InChI is InChI=1S/C15H28O2/c1-7-9-10-15(8-2,13(16)11(3)4)14(17)12(5)6/h11-12H,7-10H2,1-6H3. The normalized spacial score (nSPS) is 12.2. The highest BCUT2D eigenvalue weighted by Crippen LogP contribution is 2.36. The van der Waals surface area contributed by atoms with Gasteiger partial charge >= 0.3 is 0 Å². The van der Waals surface area contributed by atoms with Crippen LogP contribution >= 0.6 is 0 Å². The molecule has 0 aromatic heterocycles. The van der Waals surface area contributed by atoms with Crippen molar-refractivity contribution in [1.29, 1.82) is 0 Å². The van der Waals surface area contributed by atoms with Gasteiger partial charge in [0.2, 0.25) is 0 Å². The minimum Gasteiger partial charge on any atom is -0.298 e. The number of hydrogen-bond donors (Lipinski definition) is 0. The third kappa shape index (κ3) is 3.65. The summed E-state index contributed by atoms with van der Waals surface area (Å²) in [5.41, 5.74) is -0.724. The zero-order valence-corrected chi connectivity index (χ0v) is 12.3. The van der Waals surface area contributed by atoms with Crippen LogP contribution in [0.3, 0.4) is 0 Å². The van der Waals surface area contributed by atoms with Gasteiger partial charge in [-0.2, -0.15) is 0 Å². The third-order valence-electron chi connectivity index (χ3n) is 3.55. The summed E-state index contributed by atoms with van der Waals surface area (Å²) < 4.78 is 0. The van der Waals surface area contributed by atoms with Crippen molar-refractivity contribution < 1.29 is 9.59 Å². The molecule has 0 aliphatic heterocycles. The van der Waals surface area contributed by atoms with E-state index in [0.717, 1.165) is 12.8 Å². The molecule has 0 spiro atoms. The molecule has 0 radical (unpaired) electrons. The number of Topliss-reactive ketones (excluding diaryl/α,β-unsaturated/α-hetero) is 2. The summed E-state index contributed by atoms with van der Waals surface area (Å²) >= 11 is 0. The third-order valence-corrected chi connectivity index (χ3v) is 3.55. The second kappa shape index (κ2) is 6.93. The van der Waals surface area contributed by atoms with Gasteiger partial charge in [0.1, 0.15) is 11.6 Å². The number of unbranched alkanes of at least 4 members (excludes halogenated alkanes) is 1. The number of rotatable bonds is 8. The Morgan fingerprint density at radius 2 is 1.35 bits per heavy atom. The highest BCUT2D eigenvalue weighted by Gasteiger charge is 2.44. The summed E-state index contributed by atoms with van der Waals surface area (Å²) in [6, 6.07) is 0. The van der Waals surface area contributed by atoms with Crippen LogP contribution in [0.2, 0.25) is 0 Å². The van der Waals surface area contributed by atoms with Crippen molar-refractivity contribution in [2.45, 2.75) is 67.2 Å². The molecule has 0 fully saturated rings. The lowest BCUT2D eigenvalue weighted by Crippen LogP contribution is -2.43. The van der Waals surface area contributed by atoms with Crippen LogP contribution in [0.5, 0.6) is 0 Å². The molecule has 17 heavy (non-hydrogen) atoms. The van der Waals surface area contributed by atoms with E-state index in [0.29, 0.717) is 12.8 Å². The average molecular weight is 240 g/mol. The summed E-state index contributed by atoms with van der Waals surface area (Å²) in [5, 5.41) is 0. The topological polar surface area (TPSA) is 34.1 Å². The zero-order chi connectivity index (χ0) is 13.6. The van der Waals surface area contributed by atoms with Crippen molar-refractivity contribution in [3.8, 4) is 0 Å². The lowest BCUT2D eigenvalue weighted by molar-refractivity contribution is -0.145. The van der Waals surface area contributed by atoms with E-state index >= 15 is 0 Å². The van der Waals surface area contributed by atoms with E-state index < -0.39 is 5.41 Å². The molecule has 0 amide bonds. The van der Waals surface area contributed by atoms with Gasteiger partial charge in [0.25, 0.3) is 0 Å². The maximum absolute atomic E-state index is 12.4. The summed E-state index contributed by atoms with van der Waals surface area (Å²) in [7, 11) is 0. The van der Waals surface area contributed by atoms with Gasteiger partial charge in [-0.25, -0.2) is 0 Å². The molecular weight excluding hydrogens is 212 g/mol. The van der Waals surface area contributed by atoms with Crippen molar-refractivity contribution >= 4 is 11.6 Å². The molecule has 0 heterocycles. The molecule has 0 saturated heterocycles. The van der Waals surface area contributed by atoms with Crippen LogP contribution in [0, 0.1) is 17.3 Å². The average Bonchev–Trinajstić information content (AvgIpc) is 2.29. The number of carbonyl (C=O) groups is 2. The quantitative estimate of drug-likeness (QED) is 0.600. The molecule has 100 valence electrons. The largest absolute Gasteiger partial charge is 0.298 e. The lowest BCUT2D eigenvalue weighted by Gasteiger charge is -2.33. The molecule has 0 saturated carbocycles. The molecule has 0 rings (SSSR count). The van der Waals surface area contributed by atoms with Gasteiger partial charge in [-0.05, 0) is 12.8 Å². The Kier molecular flexibility index (Phi) is 6.66. The minimum atomic E-state index is -0.724. The molecular formula is C15H28O2. The highest BCUT2D eigenvalue weighted by atomic mass is 16.2. The fourth-order valence-electron chi connectivity index (χ4n) is 2.48. The van der Waals surface area contributed by atoms with Crippen LogP contribution in [-0.2, 0) is 9.59 Å². The fourth-order valence-corrected chi connectivity index (χ4v) is 2.48. The number of ketones is 2. The summed E-state index contributed by atoms with van der Waals surface area (Å²) in [4.78, 5) is 24.9. The number of hydrogen-bond acceptors (Lipinski definition) is 2. The monoisotopic (exact) mass is 240 g/mol. The first-order valence-corrected chi connectivity index (χ1v) is 6.92. The Morgan fingerprint density at radius 1 is 0.941 bits per heavy atom. The van der Waals surface area contributed by atoms with E-state index in [1.54, 1.807) is 0 Å². The van der Waals surface area contributed by atoms with Gasteiger partial charge in [0.15, 0.2) is 0 Å². The Hall–Kier alpha value is -0.660. The van der Waals surface area contributed by atoms with Crippen LogP contribution < -0.4 is 0 Å². The Balaban J connectivity index is 5.28. The van der Waals surface area contributed by atoms with E-state index in [4.69, 9.17) is 0 Å². The second-order valence-corrected chi connectivity index (χ2v) is 5.58. The Labute approximate surface area is 106 Å². The predicted molar refractivity (Wildman–Crippen MR) is 71.9 cm³/mol. The summed E-state index contributed by atoms with van der Waals surface area (Å²) in [6.07, 6.45) is 3.33. The van der Waals surface area contributed by atoms with Gasteiger partial charge in [-0.15, -0.1) is 0 Å². The summed E-state index contributed by atoms with van der Waals surface area (Å²) in [5.74, 6) is 0.142. The van der Waals surface area contributed by atoms with E-state index in [-0.39, 0.29) is 23.4 Å². The molecule has 0 aromatic carbocycles. The molecule has 0 N–H and O–H groups in total. The molecule has 0 aliphatic rings. The number of carbonyl (C=O) groups excluding carboxylic acids is 2. The minimum absolute atomic E-state index is 0.0606. The van der Waals surface area contributed by atoms with Gasteiger partial charge in [-0.1, -0.05) is 54.4 Å². The van der Waals surface area contributed by atoms with E-state index in [1.807, 2.05) is 34.6 Å². The molecule has 0 bridgehead atoms. The summed E-state index contributed by atoms with van der Waals surface area (Å²) in [6.45, 7) is 11.6. The smallest absolute Gasteiger partial charge is 0.148 e. The van der Waals surface area contributed by atoms with Crippen LogP contribution in [0.15, 0.2) is 0 Å². The van der Waals surface area contributed by atoms with Crippen LogP contribution in [0.4, 0.5) is 0 Å². The maximum atomic E-state index is 12.4. The molecule has 2 heteroatoms. The Morgan fingerprint density at radius 3 is 1.59 bits per heavy atom. The van der Waals surface area contributed by atoms with Crippen LogP contribution in [-0.4, -0.2) is 11.6 Å². The van der Waals surface area contributed by atoms with Crippen LogP contribution in [0.1, 0.15) is 67.2 Å². The molecule has 0 aromatic rings. The SMILES string of the molecule is CCCCC(CC)(C(=O)C(C)C)C(=O)C(C)C. The fraction of sp³-hybridized carbons (Fsp3) is 0.867. The van der Waals surface area contributed by atoms with Crippen molar-refractivity contribution in [2.24, 2.45) is 17.3 Å². The van der Waals surface area contributed by atoms with Gasteiger partial charge in [0.05, 0.1) is 5.41 Å². The van der Waals surface area contributed by atoms with Crippen molar-refractivity contribution in [3.63, 3.8) is 0 Å². The maximum Gasteiger partial charge on any atom is 0.148 e. The Bertz CT molecular complexity index is 244. The predicted octanol–water partition coefficient (Wildman–Crippen LogP) is 4.02. The van der Waals surface area contributed by atoms with Gasteiger partial charge in [0, 0.05) is 11.8 Å². The zero-order valence-electron chi connectivity index (χ0n) is 12.3. The van der Waals surface area contributed by atoms with Gasteiger partial charge in [-0.3, -0.25) is 9.59 Å². The van der Waals surface area contributed by atoms with Crippen molar-refractivity contribution in [2.75, 3.05) is 0 Å². The van der Waals surface area contributed by atoms with Crippen molar-refractivity contribution in [3.05, 3.63) is 0 Å². The van der Waals surface area contributed by atoms with Gasteiger partial charge < -0.3 is 0 Å². The first-order chi connectivity index (χ1) is 7.83. The van der Waals surface area contributed by atoms with Crippen molar-refractivity contribution in [1.82, 2.24) is 0 Å². The second-order valence-electron chi connectivity index (χ2n) is 5.58.